The van der Waals surface area contributed by atoms with Gasteiger partial charge in [0.15, 0.2) is 0 Å². The van der Waals surface area contributed by atoms with Gasteiger partial charge in [-0.1, -0.05) is 15.9 Å². The lowest BCUT2D eigenvalue weighted by atomic mass is 10.2. The third-order valence-corrected chi connectivity index (χ3v) is 5.70. The fourth-order valence-electron chi connectivity index (χ4n) is 2.67. The summed E-state index contributed by atoms with van der Waals surface area (Å²) >= 11 is 3.99. The van der Waals surface area contributed by atoms with Crippen LogP contribution in [0.3, 0.4) is 0 Å². The lowest BCUT2D eigenvalue weighted by Crippen LogP contribution is -2.31. The zero-order valence-corrected chi connectivity index (χ0v) is 18.1. The van der Waals surface area contributed by atoms with Gasteiger partial charge in [-0.2, -0.15) is 5.26 Å². The number of nitro groups is 1. The van der Waals surface area contributed by atoms with E-state index in [1.165, 1.54) is 12.1 Å². The Balaban J connectivity index is 2.09. The van der Waals surface area contributed by atoms with Crippen LogP contribution in [0.2, 0.25) is 0 Å². The predicted octanol–water partition coefficient (Wildman–Crippen LogP) is 3.53. The Kier molecular flexibility index (Phi) is 6.38. The molecule has 10 nitrogen and oxygen atoms in total. The zero-order valence-electron chi connectivity index (χ0n) is 15.7. The highest BCUT2D eigenvalue weighted by Crippen LogP contribution is 2.32. The van der Waals surface area contributed by atoms with E-state index in [1.807, 2.05) is 0 Å². The van der Waals surface area contributed by atoms with Crippen LogP contribution < -0.4 is 11.2 Å². The van der Waals surface area contributed by atoms with Gasteiger partial charge in [0.25, 0.3) is 11.2 Å². The number of thiocyanates is 1. The van der Waals surface area contributed by atoms with Gasteiger partial charge in [0.1, 0.15) is 15.9 Å². The van der Waals surface area contributed by atoms with Crippen molar-refractivity contribution in [3.63, 3.8) is 0 Å². The fraction of sp³-hybridized carbons (Fsp3) is 0.0526. The first-order valence-electron chi connectivity index (χ1n) is 8.46. The molecule has 3 rings (SSSR count). The summed E-state index contributed by atoms with van der Waals surface area (Å²) in [5.74, 6) is -0.634. The molecule has 0 bridgehead atoms. The molecule has 0 aliphatic rings. The van der Waals surface area contributed by atoms with Gasteiger partial charge in [0.2, 0.25) is 5.88 Å². The quantitative estimate of drug-likeness (QED) is 0.178. The number of halogens is 1. The van der Waals surface area contributed by atoms with Crippen molar-refractivity contribution in [3.05, 3.63) is 83.0 Å². The van der Waals surface area contributed by atoms with Crippen molar-refractivity contribution < 1.29 is 10.0 Å². The Labute approximate surface area is 186 Å². The standard InChI is InChI=1S/C19H12BrN5O5S/c1-10-6-12(3-4-14(10)20)24-18(27)13(17(26)23-19(24)28)8-22-11-2-5-16(31-9-21)15(7-11)25(29)30/h2-8,27H,1H3,(H,23,26,28). The van der Waals surface area contributed by atoms with E-state index in [0.29, 0.717) is 17.4 Å². The number of aromatic amines is 1. The van der Waals surface area contributed by atoms with Gasteiger partial charge >= 0.3 is 5.69 Å². The van der Waals surface area contributed by atoms with Crippen molar-refractivity contribution in [1.29, 1.82) is 5.26 Å². The molecule has 0 spiro atoms. The fourth-order valence-corrected chi connectivity index (χ4v) is 3.38. The second-order valence-electron chi connectivity index (χ2n) is 6.13. The van der Waals surface area contributed by atoms with Gasteiger partial charge < -0.3 is 5.11 Å². The highest BCUT2D eigenvalue weighted by atomic mass is 79.9. The maximum atomic E-state index is 12.3. The number of H-pyrrole nitrogens is 1. The first-order chi connectivity index (χ1) is 14.7. The first kappa shape index (κ1) is 22.0. The molecule has 0 fully saturated rings. The molecule has 0 radical (unpaired) electrons. The zero-order chi connectivity index (χ0) is 22.7. The SMILES string of the molecule is Cc1cc(-n2c(O)c(C=Nc3ccc(SC#N)c([N+](=O)[O-])c3)c(=O)[nH]c2=O)ccc1Br. The molecule has 1 aromatic heterocycles. The largest absolute Gasteiger partial charge is 0.493 e. The molecule has 2 N–H and O–H groups in total. The minimum absolute atomic E-state index is 0.116. The summed E-state index contributed by atoms with van der Waals surface area (Å²) in [6.07, 6.45) is 1.01. The summed E-state index contributed by atoms with van der Waals surface area (Å²) in [4.78, 5) is 41.4. The number of rotatable bonds is 5. The van der Waals surface area contributed by atoms with E-state index in [2.05, 4.69) is 25.9 Å². The minimum Gasteiger partial charge on any atom is -0.493 e. The topological polar surface area (TPSA) is 154 Å². The Morgan fingerprint density at radius 3 is 2.71 bits per heavy atom. The third-order valence-electron chi connectivity index (χ3n) is 4.16. The number of aryl methyl sites for hydroxylation is 1. The van der Waals surface area contributed by atoms with Crippen LogP contribution >= 0.6 is 27.7 Å². The Morgan fingerprint density at radius 2 is 2.06 bits per heavy atom. The van der Waals surface area contributed by atoms with E-state index in [9.17, 15) is 24.8 Å². The molecule has 3 aromatic rings. The van der Waals surface area contributed by atoms with Crippen LogP contribution in [0.1, 0.15) is 11.1 Å². The highest BCUT2D eigenvalue weighted by molar-refractivity contribution is 9.10. The first-order valence-corrected chi connectivity index (χ1v) is 10.1. The van der Waals surface area contributed by atoms with E-state index >= 15 is 0 Å². The third kappa shape index (κ3) is 4.57. The molecule has 156 valence electrons. The molecule has 0 aliphatic heterocycles. The number of nitro benzene ring substituents is 1. The van der Waals surface area contributed by atoms with E-state index in [-0.39, 0.29) is 21.8 Å². The lowest BCUT2D eigenvalue weighted by Gasteiger charge is -2.11. The van der Waals surface area contributed by atoms with Crippen molar-refractivity contribution in [2.24, 2.45) is 4.99 Å². The summed E-state index contributed by atoms with van der Waals surface area (Å²) in [7, 11) is 0. The Bertz CT molecular complexity index is 1390. The predicted molar refractivity (Wildman–Crippen MR) is 119 cm³/mol. The maximum absolute atomic E-state index is 12.3. The molecule has 2 aromatic carbocycles. The van der Waals surface area contributed by atoms with Crippen molar-refractivity contribution in [1.82, 2.24) is 9.55 Å². The highest BCUT2D eigenvalue weighted by Gasteiger charge is 2.17. The van der Waals surface area contributed by atoms with Gasteiger partial charge in [-0.05, 0) is 54.6 Å². The van der Waals surface area contributed by atoms with Gasteiger partial charge in [-0.15, -0.1) is 0 Å². The van der Waals surface area contributed by atoms with E-state index in [4.69, 9.17) is 5.26 Å². The number of aromatic nitrogens is 2. The molecule has 31 heavy (non-hydrogen) atoms. The van der Waals surface area contributed by atoms with E-state index in [0.717, 1.165) is 26.9 Å². The normalized spacial score (nSPS) is 10.9. The van der Waals surface area contributed by atoms with Gasteiger partial charge in [0.05, 0.1) is 16.3 Å². The number of hydrogen-bond acceptors (Lipinski definition) is 8. The number of nitrogens with one attached hydrogen (secondary N) is 1. The molecule has 12 heteroatoms. The van der Waals surface area contributed by atoms with Crippen LogP contribution in [0.15, 0.2) is 60.3 Å². The van der Waals surface area contributed by atoms with Crippen molar-refractivity contribution in [2.45, 2.75) is 11.8 Å². The van der Waals surface area contributed by atoms with Gasteiger partial charge in [-0.25, -0.2) is 9.36 Å². The molecule has 0 saturated heterocycles. The molecular weight excluding hydrogens is 490 g/mol. The van der Waals surface area contributed by atoms with Gasteiger partial charge in [-0.3, -0.25) is 24.9 Å². The molecule has 0 aliphatic carbocycles. The number of thioether (sulfide) groups is 1. The van der Waals surface area contributed by atoms with Crippen LogP contribution in [0.25, 0.3) is 5.69 Å². The Morgan fingerprint density at radius 1 is 1.32 bits per heavy atom. The van der Waals surface area contributed by atoms with Crippen LogP contribution in [0, 0.1) is 27.7 Å². The number of aromatic hydroxyl groups is 1. The number of hydrogen-bond donors (Lipinski definition) is 2. The molecule has 1 heterocycles. The summed E-state index contributed by atoms with van der Waals surface area (Å²) in [6.45, 7) is 1.80. The average Bonchev–Trinajstić information content (AvgIpc) is 2.71. The molecule has 0 unspecified atom stereocenters. The number of nitrogens with zero attached hydrogens (tertiary/aromatic N) is 4. The van der Waals surface area contributed by atoms with E-state index in [1.54, 1.807) is 30.5 Å². The maximum Gasteiger partial charge on any atom is 0.335 e. The number of aliphatic imine (C=N–C) groups is 1. The monoisotopic (exact) mass is 501 g/mol. The second-order valence-corrected chi connectivity index (χ2v) is 7.81. The molecular formula is C19H12BrN5O5S. The second kappa shape index (κ2) is 8.99. The minimum atomic E-state index is -0.873. The van der Waals surface area contributed by atoms with Gasteiger partial charge in [0, 0.05) is 16.8 Å². The van der Waals surface area contributed by atoms with Crippen molar-refractivity contribution in [3.8, 4) is 17.0 Å². The average molecular weight is 502 g/mol. The van der Waals surface area contributed by atoms with Crippen molar-refractivity contribution in [2.75, 3.05) is 0 Å². The summed E-state index contributed by atoms with van der Waals surface area (Å²) < 4.78 is 1.71. The number of nitriles is 1. The number of benzene rings is 2. The Hall–Kier alpha value is -3.69. The molecule has 0 atom stereocenters. The molecule has 0 saturated carbocycles. The molecule has 0 amide bonds. The van der Waals surface area contributed by atoms with E-state index < -0.39 is 22.1 Å². The smallest absolute Gasteiger partial charge is 0.335 e. The summed E-state index contributed by atoms with van der Waals surface area (Å²) in [6, 6.07) is 8.81. The summed E-state index contributed by atoms with van der Waals surface area (Å²) in [5, 5.41) is 32.3. The van der Waals surface area contributed by atoms with Crippen LogP contribution in [0.5, 0.6) is 5.88 Å². The van der Waals surface area contributed by atoms with Crippen molar-refractivity contribution >= 4 is 45.3 Å². The van der Waals surface area contributed by atoms with Crippen LogP contribution in [-0.4, -0.2) is 25.8 Å². The van der Waals surface area contributed by atoms with Crippen LogP contribution in [0.4, 0.5) is 11.4 Å². The summed E-state index contributed by atoms with van der Waals surface area (Å²) in [5.41, 5.74) is -1.11. The lowest BCUT2D eigenvalue weighted by molar-refractivity contribution is -0.387. The van der Waals surface area contributed by atoms with Crippen LogP contribution in [-0.2, 0) is 0 Å².